The molecule has 1 aromatic carbocycles. The summed E-state index contributed by atoms with van der Waals surface area (Å²) in [6.07, 6.45) is 0. The highest BCUT2D eigenvalue weighted by molar-refractivity contribution is 7.80. The van der Waals surface area contributed by atoms with E-state index in [1.54, 1.807) is 13.1 Å². The molecule has 0 radical (unpaired) electrons. The van der Waals surface area contributed by atoms with Crippen molar-refractivity contribution in [2.24, 2.45) is 7.05 Å². The summed E-state index contributed by atoms with van der Waals surface area (Å²) < 4.78 is 6.50. The molecular formula is C9H10N2O2S. The number of hydrogen-bond acceptors (Lipinski definition) is 4. The zero-order chi connectivity index (χ0) is 10.1. The number of fused-ring (bicyclic) bond motifs is 1. The Morgan fingerprint density at radius 1 is 1.57 bits per heavy atom. The predicted molar refractivity (Wildman–Crippen MR) is 58.9 cm³/mol. The van der Waals surface area contributed by atoms with Gasteiger partial charge in [0, 0.05) is 18.8 Å². The first kappa shape index (κ1) is 9.21. The molecule has 0 fully saturated rings. The molecule has 0 amide bonds. The zero-order valence-electron chi connectivity index (χ0n) is 7.65. The first-order valence-corrected chi connectivity index (χ1v) is 4.80. The summed E-state index contributed by atoms with van der Waals surface area (Å²) in [5.74, 6) is 0.200. The zero-order valence-corrected chi connectivity index (χ0v) is 8.54. The first-order valence-electron chi connectivity index (χ1n) is 4.16. The largest absolute Gasteiger partial charge is 0.419 e. The lowest BCUT2D eigenvalue weighted by Crippen LogP contribution is -2.08. The number of aromatic nitrogens is 1. The van der Waals surface area contributed by atoms with Crippen LogP contribution in [-0.2, 0) is 7.05 Å². The van der Waals surface area contributed by atoms with Crippen molar-refractivity contribution in [1.29, 1.82) is 0 Å². The van der Waals surface area contributed by atoms with Gasteiger partial charge in [0.1, 0.15) is 0 Å². The van der Waals surface area contributed by atoms with E-state index in [0.717, 1.165) is 11.2 Å². The Bertz CT molecular complexity index is 515. The Hall–Kier alpha value is -1.36. The summed E-state index contributed by atoms with van der Waals surface area (Å²) in [7, 11) is 1.68. The summed E-state index contributed by atoms with van der Waals surface area (Å²) in [5.41, 5.74) is 2.27. The molecule has 0 aliphatic carbocycles. The Kier molecular flexibility index (Phi) is 2.25. The second kappa shape index (κ2) is 3.42. The van der Waals surface area contributed by atoms with Gasteiger partial charge in [0.05, 0.1) is 11.4 Å². The summed E-state index contributed by atoms with van der Waals surface area (Å²) in [5, 5.41) is 3.02. The second-order valence-corrected chi connectivity index (χ2v) is 3.26. The van der Waals surface area contributed by atoms with Crippen LogP contribution >= 0.6 is 12.6 Å². The van der Waals surface area contributed by atoms with Gasteiger partial charge in [0.15, 0.2) is 5.58 Å². The molecule has 2 rings (SSSR count). The van der Waals surface area contributed by atoms with Crippen LogP contribution in [0.25, 0.3) is 11.1 Å². The number of nitrogens with zero attached hydrogens (tertiary/aromatic N) is 1. The highest BCUT2D eigenvalue weighted by Crippen LogP contribution is 2.17. The van der Waals surface area contributed by atoms with Gasteiger partial charge in [-0.05, 0) is 12.1 Å². The Morgan fingerprint density at radius 3 is 3.07 bits per heavy atom. The standard InChI is InChI=1S/C9H10N2O2S/c1-11-7-3-2-6(10-5-14)4-8(7)13-9(11)12/h2-4,10,14H,5H2,1H3. The van der Waals surface area contributed by atoms with E-state index >= 15 is 0 Å². The van der Waals surface area contributed by atoms with E-state index in [1.165, 1.54) is 4.57 Å². The van der Waals surface area contributed by atoms with Crippen LogP contribution in [-0.4, -0.2) is 10.4 Å². The maximum absolute atomic E-state index is 11.2. The molecule has 14 heavy (non-hydrogen) atoms. The topological polar surface area (TPSA) is 47.2 Å². The van der Waals surface area contributed by atoms with Crippen molar-refractivity contribution in [3.63, 3.8) is 0 Å². The van der Waals surface area contributed by atoms with Crippen LogP contribution in [0.3, 0.4) is 0 Å². The molecule has 4 nitrogen and oxygen atoms in total. The summed E-state index contributed by atoms with van der Waals surface area (Å²) in [4.78, 5) is 11.2. The van der Waals surface area contributed by atoms with Gasteiger partial charge in [-0.2, -0.15) is 12.6 Å². The lowest BCUT2D eigenvalue weighted by Gasteiger charge is -2.00. The van der Waals surface area contributed by atoms with Crippen molar-refractivity contribution in [2.75, 3.05) is 11.2 Å². The third kappa shape index (κ3) is 1.39. The van der Waals surface area contributed by atoms with Crippen LogP contribution < -0.4 is 11.1 Å². The average molecular weight is 210 g/mol. The molecular weight excluding hydrogens is 200 g/mol. The van der Waals surface area contributed by atoms with E-state index in [2.05, 4.69) is 17.9 Å². The molecule has 1 N–H and O–H groups in total. The monoisotopic (exact) mass is 210 g/mol. The molecule has 0 saturated carbocycles. The number of thiol groups is 1. The Labute approximate surface area is 85.9 Å². The van der Waals surface area contributed by atoms with Gasteiger partial charge < -0.3 is 9.73 Å². The van der Waals surface area contributed by atoms with Crippen molar-refractivity contribution >= 4 is 29.4 Å². The number of nitrogens with one attached hydrogen (secondary N) is 1. The normalized spacial score (nSPS) is 10.7. The van der Waals surface area contributed by atoms with Crippen LogP contribution in [0.1, 0.15) is 0 Å². The lowest BCUT2D eigenvalue weighted by molar-refractivity contribution is 0.528. The fourth-order valence-corrected chi connectivity index (χ4v) is 1.52. The lowest BCUT2D eigenvalue weighted by atomic mass is 10.3. The van der Waals surface area contributed by atoms with Crippen molar-refractivity contribution in [1.82, 2.24) is 4.57 Å². The third-order valence-corrected chi connectivity index (χ3v) is 2.23. The molecule has 0 aliphatic heterocycles. The minimum atomic E-state index is -0.344. The minimum Gasteiger partial charge on any atom is -0.408 e. The fourth-order valence-electron chi connectivity index (χ4n) is 1.34. The van der Waals surface area contributed by atoms with Crippen LogP contribution in [0.2, 0.25) is 0 Å². The Morgan fingerprint density at radius 2 is 2.36 bits per heavy atom. The number of anilines is 1. The van der Waals surface area contributed by atoms with Crippen molar-refractivity contribution in [3.05, 3.63) is 28.7 Å². The van der Waals surface area contributed by atoms with E-state index in [-0.39, 0.29) is 5.76 Å². The molecule has 0 unspecified atom stereocenters. The maximum atomic E-state index is 11.2. The van der Waals surface area contributed by atoms with Crippen LogP contribution in [0.4, 0.5) is 5.69 Å². The van der Waals surface area contributed by atoms with Gasteiger partial charge in [-0.1, -0.05) is 0 Å². The van der Waals surface area contributed by atoms with Gasteiger partial charge in [0.25, 0.3) is 0 Å². The highest BCUT2D eigenvalue weighted by Gasteiger charge is 2.05. The molecule has 0 bridgehead atoms. The van der Waals surface area contributed by atoms with E-state index in [4.69, 9.17) is 4.42 Å². The fraction of sp³-hybridized carbons (Fsp3) is 0.222. The Balaban J connectivity index is 2.61. The van der Waals surface area contributed by atoms with Crippen molar-refractivity contribution < 1.29 is 4.42 Å². The van der Waals surface area contributed by atoms with E-state index in [9.17, 15) is 4.79 Å². The molecule has 2 aromatic rings. The predicted octanol–water partition coefficient (Wildman–Crippen LogP) is 1.43. The molecule has 5 heteroatoms. The van der Waals surface area contributed by atoms with E-state index in [1.807, 2.05) is 12.1 Å². The maximum Gasteiger partial charge on any atom is 0.419 e. The molecule has 1 aromatic heterocycles. The van der Waals surface area contributed by atoms with E-state index < -0.39 is 0 Å². The summed E-state index contributed by atoms with van der Waals surface area (Å²) in [6.45, 7) is 0. The molecule has 0 spiro atoms. The van der Waals surface area contributed by atoms with Gasteiger partial charge in [0.2, 0.25) is 0 Å². The first-order chi connectivity index (χ1) is 6.72. The van der Waals surface area contributed by atoms with Gasteiger partial charge in [-0.3, -0.25) is 4.57 Å². The minimum absolute atomic E-state index is 0.344. The van der Waals surface area contributed by atoms with Crippen LogP contribution in [0, 0.1) is 0 Å². The smallest absolute Gasteiger partial charge is 0.408 e. The number of aryl methyl sites for hydroxylation is 1. The van der Waals surface area contributed by atoms with Gasteiger partial charge in [-0.15, -0.1) is 0 Å². The van der Waals surface area contributed by atoms with Crippen LogP contribution in [0.5, 0.6) is 0 Å². The summed E-state index contributed by atoms with van der Waals surface area (Å²) >= 11 is 4.04. The van der Waals surface area contributed by atoms with Gasteiger partial charge in [-0.25, -0.2) is 4.79 Å². The highest BCUT2D eigenvalue weighted by atomic mass is 32.1. The van der Waals surface area contributed by atoms with Crippen LogP contribution in [0.15, 0.2) is 27.4 Å². The van der Waals surface area contributed by atoms with Crippen molar-refractivity contribution in [2.45, 2.75) is 0 Å². The van der Waals surface area contributed by atoms with Gasteiger partial charge >= 0.3 is 5.76 Å². The third-order valence-electron chi connectivity index (χ3n) is 2.08. The van der Waals surface area contributed by atoms with Crippen molar-refractivity contribution in [3.8, 4) is 0 Å². The van der Waals surface area contributed by atoms with E-state index in [0.29, 0.717) is 11.5 Å². The quantitative estimate of drug-likeness (QED) is 0.582. The molecule has 0 atom stereocenters. The molecule has 74 valence electrons. The molecule has 0 aliphatic rings. The number of hydrogen-bond donors (Lipinski definition) is 2. The second-order valence-electron chi connectivity index (χ2n) is 2.94. The SMILES string of the molecule is Cn1c(=O)oc2cc(NCS)ccc21. The average Bonchev–Trinajstić information content (AvgIpc) is 2.43. The number of oxazole rings is 1. The molecule has 0 saturated heterocycles. The number of benzene rings is 1. The summed E-state index contributed by atoms with van der Waals surface area (Å²) in [6, 6.07) is 5.51. The number of rotatable bonds is 2. The molecule has 1 heterocycles.